The average Bonchev–Trinajstić information content (AvgIpc) is 2.40. The Morgan fingerprint density at radius 2 is 1.95 bits per heavy atom. The van der Waals surface area contributed by atoms with Crippen molar-refractivity contribution in [2.24, 2.45) is 5.73 Å². The number of nitrogens with two attached hydrogens (primary N) is 1. The van der Waals surface area contributed by atoms with Gasteiger partial charge in [-0.2, -0.15) is 0 Å². The highest BCUT2D eigenvalue weighted by atomic mass is 32.2. The lowest BCUT2D eigenvalue weighted by Gasteiger charge is -2.22. The average molecular weight is 280 g/mol. The lowest BCUT2D eigenvalue weighted by Crippen LogP contribution is -2.36. The van der Waals surface area contributed by atoms with Crippen LogP contribution in [-0.4, -0.2) is 29.1 Å². The molecule has 2 unspecified atom stereocenters. The van der Waals surface area contributed by atoms with Crippen molar-refractivity contribution in [3.05, 3.63) is 29.8 Å². The van der Waals surface area contributed by atoms with Gasteiger partial charge in [-0.3, -0.25) is 4.79 Å². The molecule has 0 saturated heterocycles. The highest BCUT2D eigenvalue weighted by Crippen LogP contribution is 2.26. The Bertz CT molecular complexity index is 416. The van der Waals surface area contributed by atoms with Crippen molar-refractivity contribution < 1.29 is 4.79 Å². The first kappa shape index (κ1) is 16.1. The van der Waals surface area contributed by atoms with Gasteiger partial charge in [0.1, 0.15) is 0 Å². The van der Waals surface area contributed by atoms with Gasteiger partial charge in [0.2, 0.25) is 5.91 Å². The van der Waals surface area contributed by atoms with Gasteiger partial charge < -0.3 is 10.6 Å². The summed E-state index contributed by atoms with van der Waals surface area (Å²) < 4.78 is 0. The van der Waals surface area contributed by atoms with E-state index in [1.807, 2.05) is 50.8 Å². The van der Waals surface area contributed by atoms with Gasteiger partial charge in [0.05, 0.1) is 5.25 Å². The fourth-order valence-electron chi connectivity index (χ4n) is 1.92. The van der Waals surface area contributed by atoms with Crippen molar-refractivity contribution in [1.29, 1.82) is 0 Å². The smallest absolute Gasteiger partial charge is 0.235 e. The molecule has 1 aromatic rings. The summed E-state index contributed by atoms with van der Waals surface area (Å²) >= 11 is 1.60. The number of carbonyl (C=O) groups excluding carboxylic acids is 1. The zero-order valence-corrected chi connectivity index (χ0v) is 13.0. The van der Waals surface area contributed by atoms with Crippen LogP contribution in [0.3, 0.4) is 0 Å². The lowest BCUT2D eigenvalue weighted by molar-refractivity contribution is -0.129. The van der Waals surface area contributed by atoms with Gasteiger partial charge in [0, 0.05) is 24.0 Å². The SMILES string of the molecule is CCN(CC)C(=O)C(C)Sc1cccc(C(C)N)c1. The first-order chi connectivity index (χ1) is 8.99. The summed E-state index contributed by atoms with van der Waals surface area (Å²) in [5.41, 5.74) is 6.98. The van der Waals surface area contributed by atoms with Gasteiger partial charge in [-0.1, -0.05) is 12.1 Å². The van der Waals surface area contributed by atoms with Gasteiger partial charge in [-0.15, -0.1) is 11.8 Å². The normalized spacial score (nSPS) is 13.9. The molecule has 19 heavy (non-hydrogen) atoms. The predicted octanol–water partition coefficient (Wildman–Crippen LogP) is 3.06. The number of carbonyl (C=O) groups is 1. The summed E-state index contributed by atoms with van der Waals surface area (Å²) in [6.45, 7) is 9.48. The molecular formula is C15H24N2OS. The Hall–Kier alpha value is -1.00. The van der Waals surface area contributed by atoms with Crippen molar-refractivity contribution in [3.8, 4) is 0 Å². The number of thioether (sulfide) groups is 1. The Kier molecular flexibility index (Phi) is 6.38. The van der Waals surface area contributed by atoms with E-state index in [0.29, 0.717) is 0 Å². The van der Waals surface area contributed by atoms with Crippen LogP contribution < -0.4 is 5.73 Å². The van der Waals surface area contributed by atoms with Crippen molar-refractivity contribution in [1.82, 2.24) is 4.90 Å². The number of amides is 1. The zero-order chi connectivity index (χ0) is 14.4. The molecule has 0 spiro atoms. The minimum absolute atomic E-state index is 0.0225. The van der Waals surface area contributed by atoms with Crippen molar-refractivity contribution in [2.75, 3.05) is 13.1 Å². The molecule has 0 bridgehead atoms. The zero-order valence-electron chi connectivity index (χ0n) is 12.2. The second-order valence-electron chi connectivity index (χ2n) is 4.63. The van der Waals surface area contributed by atoms with Gasteiger partial charge in [-0.05, 0) is 45.4 Å². The van der Waals surface area contributed by atoms with Crippen molar-refractivity contribution >= 4 is 17.7 Å². The first-order valence-corrected chi connectivity index (χ1v) is 7.68. The van der Waals surface area contributed by atoms with Gasteiger partial charge in [0.25, 0.3) is 0 Å². The van der Waals surface area contributed by atoms with Crippen LogP contribution in [0.1, 0.15) is 39.3 Å². The Morgan fingerprint density at radius 3 is 2.47 bits per heavy atom. The van der Waals surface area contributed by atoms with Gasteiger partial charge in [0.15, 0.2) is 0 Å². The van der Waals surface area contributed by atoms with Crippen LogP contribution in [0.5, 0.6) is 0 Å². The first-order valence-electron chi connectivity index (χ1n) is 6.80. The summed E-state index contributed by atoms with van der Waals surface area (Å²) in [7, 11) is 0. The summed E-state index contributed by atoms with van der Waals surface area (Å²) in [6, 6.07) is 8.14. The number of nitrogens with zero attached hydrogens (tertiary/aromatic N) is 1. The third-order valence-corrected chi connectivity index (χ3v) is 4.20. The number of benzene rings is 1. The molecule has 1 rings (SSSR count). The number of hydrogen-bond donors (Lipinski definition) is 1. The van der Waals surface area contributed by atoms with E-state index in [9.17, 15) is 4.79 Å². The van der Waals surface area contributed by atoms with E-state index in [-0.39, 0.29) is 17.2 Å². The molecule has 1 aromatic carbocycles. The molecule has 4 heteroatoms. The number of hydrogen-bond acceptors (Lipinski definition) is 3. The highest BCUT2D eigenvalue weighted by molar-refractivity contribution is 8.00. The van der Waals surface area contributed by atoms with E-state index in [2.05, 4.69) is 6.07 Å². The topological polar surface area (TPSA) is 46.3 Å². The molecule has 0 aliphatic rings. The Morgan fingerprint density at radius 1 is 1.32 bits per heavy atom. The van der Waals surface area contributed by atoms with Crippen molar-refractivity contribution in [3.63, 3.8) is 0 Å². The largest absolute Gasteiger partial charge is 0.342 e. The molecule has 2 atom stereocenters. The van der Waals surface area contributed by atoms with Crippen LogP contribution in [0.15, 0.2) is 29.2 Å². The summed E-state index contributed by atoms with van der Waals surface area (Å²) in [5, 5.41) is -0.0665. The maximum Gasteiger partial charge on any atom is 0.235 e. The van der Waals surface area contributed by atoms with E-state index >= 15 is 0 Å². The molecule has 3 nitrogen and oxygen atoms in total. The number of rotatable bonds is 6. The second kappa shape index (κ2) is 7.56. The molecule has 0 fully saturated rings. The highest BCUT2D eigenvalue weighted by Gasteiger charge is 2.19. The van der Waals surface area contributed by atoms with Crippen LogP contribution in [-0.2, 0) is 4.79 Å². The quantitative estimate of drug-likeness (QED) is 0.815. The maximum absolute atomic E-state index is 12.2. The fraction of sp³-hybridized carbons (Fsp3) is 0.533. The van der Waals surface area contributed by atoms with Gasteiger partial charge in [-0.25, -0.2) is 0 Å². The van der Waals surface area contributed by atoms with Crippen LogP contribution in [0.25, 0.3) is 0 Å². The molecule has 106 valence electrons. The van der Waals surface area contributed by atoms with E-state index < -0.39 is 0 Å². The Labute approximate surface area is 120 Å². The van der Waals surface area contributed by atoms with E-state index in [4.69, 9.17) is 5.73 Å². The standard InChI is InChI=1S/C15H24N2OS/c1-5-17(6-2)15(18)12(4)19-14-9-7-8-13(10-14)11(3)16/h7-12H,5-6,16H2,1-4H3. The third kappa shape index (κ3) is 4.55. The van der Waals surface area contributed by atoms with E-state index in [1.54, 1.807) is 11.8 Å². The Balaban J connectivity index is 2.73. The molecular weight excluding hydrogens is 256 g/mol. The molecule has 2 N–H and O–H groups in total. The second-order valence-corrected chi connectivity index (χ2v) is 6.05. The fourth-order valence-corrected chi connectivity index (χ4v) is 2.94. The summed E-state index contributed by atoms with van der Waals surface area (Å²) in [5.74, 6) is 0.196. The lowest BCUT2D eigenvalue weighted by atomic mass is 10.1. The molecule has 0 aromatic heterocycles. The van der Waals surface area contributed by atoms with Crippen molar-refractivity contribution in [2.45, 2.75) is 43.9 Å². The predicted molar refractivity (Wildman–Crippen MR) is 82.3 cm³/mol. The minimum Gasteiger partial charge on any atom is -0.342 e. The monoisotopic (exact) mass is 280 g/mol. The summed E-state index contributed by atoms with van der Waals surface area (Å²) in [6.07, 6.45) is 0. The maximum atomic E-state index is 12.2. The van der Waals surface area contributed by atoms with Crippen LogP contribution in [0.2, 0.25) is 0 Å². The van der Waals surface area contributed by atoms with Gasteiger partial charge >= 0.3 is 0 Å². The molecule has 0 saturated carbocycles. The molecule has 0 aliphatic carbocycles. The van der Waals surface area contributed by atoms with Crippen LogP contribution >= 0.6 is 11.8 Å². The van der Waals surface area contributed by atoms with Crippen LogP contribution in [0.4, 0.5) is 0 Å². The molecule has 0 radical (unpaired) electrons. The molecule has 1 amide bonds. The minimum atomic E-state index is -0.0665. The molecule has 0 aliphatic heterocycles. The van der Waals surface area contributed by atoms with E-state index in [0.717, 1.165) is 23.5 Å². The van der Waals surface area contributed by atoms with Crippen LogP contribution in [0, 0.1) is 0 Å². The van der Waals surface area contributed by atoms with E-state index in [1.165, 1.54) is 0 Å². The summed E-state index contributed by atoms with van der Waals surface area (Å²) in [4.78, 5) is 15.2. The third-order valence-electron chi connectivity index (χ3n) is 3.12. The molecule has 0 heterocycles.